The van der Waals surface area contributed by atoms with E-state index in [0.29, 0.717) is 65.7 Å². The van der Waals surface area contributed by atoms with E-state index in [1.165, 1.54) is 4.90 Å². The van der Waals surface area contributed by atoms with Crippen molar-refractivity contribution in [1.29, 1.82) is 0 Å². The first-order chi connectivity index (χ1) is 27.8. The number of aromatic nitrogens is 4. The van der Waals surface area contributed by atoms with Crippen LogP contribution in [0.5, 0.6) is 11.5 Å². The number of carbonyl (C=O) groups is 3. The zero-order chi connectivity index (χ0) is 39.6. The van der Waals surface area contributed by atoms with Gasteiger partial charge in [0.2, 0.25) is 16.8 Å². The third-order valence-electron chi connectivity index (χ3n) is 11.2. The first kappa shape index (κ1) is 40.5. The molecule has 17 heteroatoms. The zero-order valence-corrected chi connectivity index (χ0v) is 33.2. The van der Waals surface area contributed by atoms with Gasteiger partial charge in [-0.15, -0.1) is 0 Å². The van der Waals surface area contributed by atoms with E-state index >= 15 is 0 Å². The highest BCUT2D eigenvalue weighted by Gasteiger charge is 2.41. The van der Waals surface area contributed by atoms with E-state index in [2.05, 4.69) is 30.8 Å². The number of aryl methyl sites for hydroxylation is 1. The van der Waals surface area contributed by atoms with Crippen LogP contribution in [0.2, 0.25) is 0 Å². The van der Waals surface area contributed by atoms with Crippen molar-refractivity contribution in [2.45, 2.75) is 99.8 Å². The normalized spacial score (nSPS) is 19.1. The summed E-state index contributed by atoms with van der Waals surface area (Å²) in [6.07, 6.45) is 15.1. The van der Waals surface area contributed by atoms with Crippen molar-refractivity contribution in [3.63, 3.8) is 0 Å². The van der Waals surface area contributed by atoms with E-state index < -0.39 is 17.2 Å². The number of fused-ring (bicyclic) bond motifs is 1. The standard InChI is InChI=1S/C40H53N9O7S/c50-27-40(16-7-17-40)47-37-35-32(15-23-57(35)54)44-38(46-37)48-19-12-28(13-20-48)36-42-24-31(25-43-36)55-22-6-4-2-1-3-5-18-41-34(52)26-56-30-10-8-29(9-11-30)49-21-14-33(51)45-39(49)53/h8-11,24-25,28,50H,1-7,12-23,26-27H2,(H,41,52)(H,44,46,47)(H,45,51,53)/t57-/m1/s1. The van der Waals surface area contributed by atoms with Gasteiger partial charge >= 0.3 is 6.03 Å². The van der Waals surface area contributed by atoms with Gasteiger partial charge in [-0.25, -0.2) is 19.7 Å². The molecule has 0 unspecified atom stereocenters. The first-order valence-corrected chi connectivity index (χ1v) is 21.6. The van der Waals surface area contributed by atoms with Gasteiger partial charge in [0.1, 0.15) is 23.0 Å². The molecule has 306 valence electrons. The average Bonchev–Trinajstić information content (AvgIpc) is 3.60. The number of carbonyl (C=O) groups excluding carboxylic acids is 3. The molecule has 4 aliphatic rings. The fourth-order valence-electron chi connectivity index (χ4n) is 7.62. The molecule has 1 atom stereocenters. The van der Waals surface area contributed by atoms with Gasteiger partial charge in [-0.1, -0.05) is 25.7 Å². The van der Waals surface area contributed by atoms with Gasteiger partial charge in [0.25, 0.3) is 5.91 Å². The minimum Gasteiger partial charge on any atom is -0.611 e. The average molecular weight is 804 g/mol. The van der Waals surface area contributed by atoms with E-state index in [1.54, 1.807) is 36.7 Å². The number of piperidine rings is 1. The number of rotatable bonds is 19. The molecule has 7 rings (SSSR count). The number of nitrogens with zero attached hydrogens (tertiary/aromatic N) is 6. The summed E-state index contributed by atoms with van der Waals surface area (Å²) in [6, 6.07) is 6.41. The number of urea groups is 1. The molecule has 5 heterocycles. The Balaban J connectivity index is 0.728. The Morgan fingerprint density at radius 2 is 1.68 bits per heavy atom. The van der Waals surface area contributed by atoms with Gasteiger partial charge in [-0.3, -0.25) is 19.8 Å². The van der Waals surface area contributed by atoms with Crippen molar-refractivity contribution in [3.05, 3.63) is 48.2 Å². The molecule has 3 fully saturated rings. The minimum absolute atomic E-state index is 0.0323. The van der Waals surface area contributed by atoms with Crippen molar-refractivity contribution < 1.29 is 33.5 Å². The van der Waals surface area contributed by atoms with E-state index in [0.717, 1.165) is 95.2 Å². The summed E-state index contributed by atoms with van der Waals surface area (Å²) in [5.74, 6) is 3.65. The Morgan fingerprint density at radius 1 is 0.947 bits per heavy atom. The van der Waals surface area contributed by atoms with Crippen LogP contribution in [0.4, 0.5) is 22.2 Å². The number of hydrogen-bond acceptors (Lipinski definition) is 13. The molecule has 2 aromatic heterocycles. The molecule has 1 aromatic carbocycles. The van der Waals surface area contributed by atoms with Crippen LogP contribution >= 0.6 is 0 Å². The number of benzene rings is 1. The van der Waals surface area contributed by atoms with Crippen LogP contribution in [-0.2, 0) is 27.2 Å². The highest BCUT2D eigenvalue weighted by Crippen LogP contribution is 2.40. The smallest absolute Gasteiger partial charge is 0.328 e. The Labute approximate surface area is 336 Å². The summed E-state index contributed by atoms with van der Waals surface area (Å²) in [5.41, 5.74) is 1.13. The van der Waals surface area contributed by atoms with Crippen LogP contribution in [-0.4, -0.2) is 105 Å². The summed E-state index contributed by atoms with van der Waals surface area (Å²) in [6.45, 7) is 3.02. The maximum atomic E-state index is 12.8. The highest BCUT2D eigenvalue weighted by atomic mass is 32.2. The molecule has 0 spiro atoms. The molecule has 2 saturated heterocycles. The van der Waals surface area contributed by atoms with Crippen molar-refractivity contribution in [3.8, 4) is 11.5 Å². The lowest BCUT2D eigenvalue weighted by Gasteiger charge is -2.41. The summed E-state index contributed by atoms with van der Waals surface area (Å²) in [5, 5.41) is 18.7. The second-order valence-corrected chi connectivity index (χ2v) is 16.8. The number of unbranched alkanes of at least 4 members (excludes halogenated alkanes) is 5. The molecule has 0 bridgehead atoms. The predicted molar refractivity (Wildman–Crippen MR) is 214 cm³/mol. The molecule has 3 aromatic rings. The predicted octanol–water partition coefficient (Wildman–Crippen LogP) is 4.00. The number of amides is 4. The van der Waals surface area contributed by atoms with Gasteiger partial charge in [-0.05, 0) is 80.4 Å². The zero-order valence-electron chi connectivity index (χ0n) is 32.4. The Hall–Kier alpha value is -4.74. The van der Waals surface area contributed by atoms with Gasteiger partial charge in [0.15, 0.2) is 18.2 Å². The van der Waals surface area contributed by atoms with Gasteiger partial charge < -0.3 is 34.7 Å². The van der Waals surface area contributed by atoms with Crippen molar-refractivity contribution in [1.82, 2.24) is 30.6 Å². The van der Waals surface area contributed by atoms with Gasteiger partial charge in [-0.2, -0.15) is 4.98 Å². The van der Waals surface area contributed by atoms with Crippen LogP contribution in [0.25, 0.3) is 0 Å². The molecule has 4 N–H and O–H groups in total. The molecular weight excluding hydrogens is 751 g/mol. The van der Waals surface area contributed by atoms with E-state index in [4.69, 9.17) is 19.4 Å². The van der Waals surface area contributed by atoms with E-state index in [9.17, 15) is 24.0 Å². The number of aliphatic hydroxyl groups is 1. The fourth-order valence-corrected chi connectivity index (χ4v) is 8.93. The number of aliphatic hydroxyl groups excluding tert-OH is 1. The molecule has 0 radical (unpaired) electrons. The van der Waals surface area contributed by atoms with Crippen molar-refractivity contribution >= 4 is 46.5 Å². The minimum atomic E-state index is -1.12. The fraction of sp³-hybridized carbons (Fsp3) is 0.575. The van der Waals surface area contributed by atoms with Crippen LogP contribution in [0.3, 0.4) is 0 Å². The Bertz CT molecular complexity index is 1830. The number of ether oxygens (including phenoxy) is 2. The van der Waals surface area contributed by atoms with Crippen LogP contribution in [0, 0.1) is 0 Å². The highest BCUT2D eigenvalue weighted by molar-refractivity contribution is 7.91. The molecule has 4 amide bonds. The summed E-state index contributed by atoms with van der Waals surface area (Å²) < 4.78 is 24.3. The number of imide groups is 1. The second kappa shape index (κ2) is 19.1. The first-order valence-electron chi connectivity index (χ1n) is 20.3. The number of hydrogen-bond donors (Lipinski definition) is 4. The van der Waals surface area contributed by atoms with Gasteiger partial charge in [0.05, 0.1) is 31.1 Å². The van der Waals surface area contributed by atoms with Crippen molar-refractivity contribution in [2.24, 2.45) is 0 Å². The summed E-state index contributed by atoms with van der Waals surface area (Å²) in [7, 11) is 0. The second-order valence-electron chi connectivity index (χ2n) is 15.3. The summed E-state index contributed by atoms with van der Waals surface area (Å²) >= 11 is -1.12. The lowest BCUT2D eigenvalue weighted by atomic mass is 9.77. The van der Waals surface area contributed by atoms with Crippen LogP contribution < -0.4 is 35.2 Å². The molecule has 57 heavy (non-hydrogen) atoms. The topological polar surface area (TPSA) is 207 Å². The number of nitrogens with one attached hydrogen (secondary N) is 3. The lowest BCUT2D eigenvalue weighted by Crippen LogP contribution is -2.49. The molecule has 1 aliphatic carbocycles. The third-order valence-corrected chi connectivity index (χ3v) is 12.7. The monoisotopic (exact) mass is 803 g/mol. The largest absolute Gasteiger partial charge is 0.611 e. The lowest BCUT2D eigenvalue weighted by molar-refractivity contribution is -0.123. The molecule has 3 aliphatic heterocycles. The van der Waals surface area contributed by atoms with E-state index in [1.807, 2.05) is 0 Å². The summed E-state index contributed by atoms with van der Waals surface area (Å²) in [4.78, 5) is 58.9. The Morgan fingerprint density at radius 3 is 2.39 bits per heavy atom. The SMILES string of the molecule is O=C(COc1ccc(N2CCC(=O)NC2=O)cc1)NCCCCCCCCOc1cnc(C2CCN(c3nc4c(c(NC5(CO)CCC5)n3)[S@+]([O-])CC4)CC2)nc1. The Kier molecular flexibility index (Phi) is 13.6. The van der Waals surface area contributed by atoms with Crippen LogP contribution in [0.15, 0.2) is 41.6 Å². The number of anilines is 3. The quantitative estimate of drug-likeness (QED) is 0.100. The molecule has 1 saturated carbocycles. The van der Waals surface area contributed by atoms with Crippen molar-refractivity contribution in [2.75, 3.05) is 66.9 Å². The van der Waals surface area contributed by atoms with Gasteiger partial charge in [0, 0.05) is 50.6 Å². The maximum Gasteiger partial charge on any atom is 0.328 e. The van der Waals surface area contributed by atoms with E-state index in [-0.39, 0.29) is 42.9 Å². The molecular formula is C40H53N9O7S. The molecule has 16 nitrogen and oxygen atoms in total. The third kappa shape index (κ3) is 10.4. The van der Waals surface area contributed by atoms with Crippen LogP contribution in [0.1, 0.15) is 94.5 Å². The maximum absolute atomic E-state index is 12.8.